The first-order chi connectivity index (χ1) is 11.8. The Bertz CT molecular complexity index is 829. The summed E-state index contributed by atoms with van der Waals surface area (Å²) in [4.78, 5) is 14.1. The molecule has 1 aromatic carbocycles. The van der Waals surface area contributed by atoms with Gasteiger partial charge in [-0.3, -0.25) is 9.88 Å². The van der Waals surface area contributed by atoms with Gasteiger partial charge in [-0.25, -0.2) is 4.98 Å². The fourth-order valence-electron chi connectivity index (χ4n) is 3.13. The lowest BCUT2D eigenvalue weighted by atomic mass is 10.2. The molecule has 1 aliphatic heterocycles. The van der Waals surface area contributed by atoms with Crippen LogP contribution in [0.1, 0.15) is 5.69 Å². The number of nitrogens with zero attached hydrogens (tertiary/aromatic N) is 4. The Labute approximate surface area is 150 Å². The van der Waals surface area contributed by atoms with Gasteiger partial charge in [0.25, 0.3) is 0 Å². The Morgan fingerprint density at radius 1 is 0.917 bits per heavy atom. The third-order valence-corrected chi connectivity index (χ3v) is 5.10. The largest absolute Gasteiger partial charge is 0.354 e. The zero-order valence-corrected chi connectivity index (χ0v) is 15.0. The number of para-hydroxylation sites is 1. The van der Waals surface area contributed by atoms with Gasteiger partial charge in [0, 0.05) is 48.8 Å². The molecule has 1 aliphatic rings. The van der Waals surface area contributed by atoms with E-state index in [4.69, 9.17) is 4.98 Å². The molecule has 0 unspecified atom stereocenters. The molecule has 0 N–H and O–H groups in total. The average molecular weight is 383 g/mol. The van der Waals surface area contributed by atoms with Crippen LogP contribution in [0.2, 0.25) is 0 Å². The summed E-state index contributed by atoms with van der Waals surface area (Å²) in [5, 5.41) is 1.17. The van der Waals surface area contributed by atoms with E-state index in [2.05, 4.69) is 61.0 Å². The topological polar surface area (TPSA) is 32.3 Å². The van der Waals surface area contributed by atoms with E-state index in [1.165, 1.54) is 5.39 Å². The summed E-state index contributed by atoms with van der Waals surface area (Å²) < 4.78 is 1.05. The van der Waals surface area contributed by atoms with Crippen molar-refractivity contribution < 1.29 is 0 Å². The molecule has 0 atom stereocenters. The van der Waals surface area contributed by atoms with Crippen molar-refractivity contribution in [3.63, 3.8) is 0 Å². The first-order valence-corrected chi connectivity index (χ1v) is 9.01. The Kier molecular flexibility index (Phi) is 4.45. The number of rotatable bonds is 3. The Morgan fingerprint density at radius 2 is 1.79 bits per heavy atom. The van der Waals surface area contributed by atoms with Crippen LogP contribution < -0.4 is 4.90 Å². The molecule has 122 valence electrons. The number of aromatic nitrogens is 2. The van der Waals surface area contributed by atoms with Crippen molar-refractivity contribution in [2.45, 2.75) is 6.54 Å². The highest BCUT2D eigenvalue weighted by Crippen LogP contribution is 2.25. The number of benzene rings is 1. The summed E-state index contributed by atoms with van der Waals surface area (Å²) in [6.07, 6.45) is 1.86. The van der Waals surface area contributed by atoms with Crippen LogP contribution >= 0.6 is 15.9 Å². The van der Waals surface area contributed by atoms with Gasteiger partial charge in [0.1, 0.15) is 5.82 Å². The fourth-order valence-corrected chi connectivity index (χ4v) is 3.60. The monoisotopic (exact) mass is 382 g/mol. The Balaban J connectivity index is 1.45. The van der Waals surface area contributed by atoms with Crippen LogP contribution in [0.15, 0.2) is 59.2 Å². The minimum Gasteiger partial charge on any atom is -0.354 e. The molecule has 3 aromatic rings. The van der Waals surface area contributed by atoms with Gasteiger partial charge in [-0.15, -0.1) is 0 Å². The molecule has 4 rings (SSSR count). The molecule has 0 radical (unpaired) electrons. The van der Waals surface area contributed by atoms with Crippen LogP contribution in [0.3, 0.4) is 0 Å². The maximum absolute atomic E-state index is 4.86. The van der Waals surface area contributed by atoms with E-state index in [0.29, 0.717) is 0 Å². The smallest absolute Gasteiger partial charge is 0.129 e. The minimum absolute atomic E-state index is 0.922. The van der Waals surface area contributed by atoms with Gasteiger partial charge in [-0.1, -0.05) is 18.2 Å². The first kappa shape index (κ1) is 15.5. The molecular formula is C19H19BrN4. The zero-order chi connectivity index (χ0) is 16.4. The highest BCUT2D eigenvalue weighted by atomic mass is 79.9. The van der Waals surface area contributed by atoms with E-state index in [-0.39, 0.29) is 0 Å². The standard InChI is InChI=1S/C19H19BrN4/c20-17-6-3-4-15-7-8-18(22-19(15)17)24-12-10-23(11-13-24)14-16-5-1-2-9-21-16/h1-9H,10-14H2. The van der Waals surface area contributed by atoms with Crippen molar-refractivity contribution in [1.82, 2.24) is 14.9 Å². The van der Waals surface area contributed by atoms with Crippen LogP contribution in [-0.4, -0.2) is 41.0 Å². The molecule has 1 saturated heterocycles. The van der Waals surface area contributed by atoms with Crippen molar-refractivity contribution in [2.24, 2.45) is 0 Å². The maximum atomic E-state index is 4.86. The minimum atomic E-state index is 0.922. The molecule has 0 amide bonds. The normalized spacial score (nSPS) is 15.8. The second-order valence-corrected chi connectivity index (χ2v) is 6.92. The molecule has 3 heterocycles. The second kappa shape index (κ2) is 6.87. The summed E-state index contributed by atoms with van der Waals surface area (Å²) in [6.45, 7) is 4.98. The van der Waals surface area contributed by atoms with Crippen molar-refractivity contribution in [1.29, 1.82) is 0 Å². The van der Waals surface area contributed by atoms with E-state index in [0.717, 1.165) is 54.2 Å². The van der Waals surface area contributed by atoms with Gasteiger partial charge < -0.3 is 4.90 Å². The Hall–Kier alpha value is -1.98. The fraction of sp³-hybridized carbons (Fsp3) is 0.263. The summed E-state index contributed by atoms with van der Waals surface area (Å²) in [7, 11) is 0. The number of anilines is 1. The molecule has 0 saturated carbocycles. The maximum Gasteiger partial charge on any atom is 0.129 e. The number of fused-ring (bicyclic) bond motifs is 1. The molecule has 0 spiro atoms. The van der Waals surface area contributed by atoms with Crippen LogP contribution in [0.25, 0.3) is 10.9 Å². The molecule has 4 nitrogen and oxygen atoms in total. The summed E-state index contributed by atoms with van der Waals surface area (Å²) >= 11 is 3.61. The van der Waals surface area contributed by atoms with Crippen molar-refractivity contribution in [3.8, 4) is 0 Å². The van der Waals surface area contributed by atoms with E-state index in [1.54, 1.807) is 0 Å². The van der Waals surface area contributed by atoms with E-state index >= 15 is 0 Å². The van der Waals surface area contributed by atoms with Gasteiger partial charge in [-0.05, 0) is 46.3 Å². The van der Waals surface area contributed by atoms with E-state index in [1.807, 2.05) is 24.4 Å². The lowest BCUT2D eigenvalue weighted by Crippen LogP contribution is -2.46. The number of halogens is 1. The lowest BCUT2D eigenvalue weighted by molar-refractivity contribution is 0.246. The number of piperazine rings is 1. The zero-order valence-electron chi connectivity index (χ0n) is 13.4. The van der Waals surface area contributed by atoms with Gasteiger partial charge >= 0.3 is 0 Å². The molecule has 1 fully saturated rings. The SMILES string of the molecule is Brc1cccc2ccc(N3CCN(Cc4ccccn4)CC3)nc12. The predicted octanol–water partition coefficient (Wildman–Crippen LogP) is 3.71. The Morgan fingerprint density at radius 3 is 2.58 bits per heavy atom. The van der Waals surface area contributed by atoms with E-state index in [9.17, 15) is 0 Å². The first-order valence-electron chi connectivity index (χ1n) is 8.22. The average Bonchev–Trinajstić information content (AvgIpc) is 2.63. The molecule has 0 bridgehead atoms. The van der Waals surface area contributed by atoms with Gasteiger partial charge in [0.05, 0.1) is 11.2 Å². The van der Waals surface area contributed by atoms with Crippen molar-refractivity contribution in [2.75, 3.05) is 31.1 Å². The van der Waals surface area contributed by atoms with Gasteiger partial charge in [-0.2, -0.15) is 0 Å². The highest BCUT2D eigenvalue weighted by Gasteiger charge is 2.18. The van der Waals surface area contributed by atoms with Crippen LogP contribution in [0, 0.1) is 0 Å². The third-order valence-electron chi connectivity index (χ3n) is 4.46. The molecule has 5 heteroatoms. The number of hydrogen-bond donors (Lipinski definition) is 0. The lowest BCUT2D eigenvalue weighted by Gasteiger charge is -2.35. The van der Waals surface area contributed by atoms with Crippen LogP contribution in [0.4, 0.5) is 5.82 Å². The molecule has 24 heavy (non-hydrogen) atoms. The van der Waals surface area contributed by atoms with Crippen LogP contribution in [0.5, 0.6) is 0 Å². The summed E-state index contributed by atoms with van der Waals surface area (Å²) in [5.41, 5.74) is 2.17. The molecule has 2 aromatic heterocycles. The highest BCUT2D eigenvalue weighted by molar-refractivity contribution is 9.10. The van der Waals surface area contributed by atoms with Crippen molar-refractivity contribution >= 4 is 32.7 Å². The van der Waals surface area contributed by atoms with Gasteiger partial charge in [0.2, 0.25) is 0 Å². The number of pyridine rings is 2. The molecular weight excluding hydrogens is 364 g/mol. The van der Waals surface area contributed by atoms with E-state index < -0.39 is 0 Å². The van der Waals surface area contributed by atoms with Crippen molar-refractivity contribution in [3.05, 3.63) is 64.9 Å². The molecule has 0 aliphatic carbocycles. The summed E-state index contributed by atoms with van der Waals surface area (Å²) in [5.74, 6) is 1.06. The third kappa shape index (κ3) is 3.28. The predicted molar refractivity (Wildman–Crippen MR) is 101 cm³/mol. The van der Waals surface area contributed by atoms with Gasteiger partial charge in [0.15, 0.2) is 0 Å². The second-order valence-electron chi connectivity index (χ2n) is 6.07. The number of hydrogen-bond acceptors (Lipinski definition) is 4. The quantitative estimate of drug-likeness (QED) is 0.690. The van der Waals surface area contributed by atoms with Crippen LogP contribution in [-0.2, 0) is 6.54 Å². The summed E-state index contributed by atoms with van der Waals surface area (Å²) in [6, 6.07) is 16.6.